The largest absolute Gasteiger partial charge is 0.366 e. The van der Waals surface area contributed by atoms with E-state index in [0.29, 0.717) is 44.4 Å². The van der Waals surface area contributed by atoms with Gasteiger partial charge < -0.3 is 15.1 Å². The van der Waals surface area contributed by atoms with Crippen LogP contribution < -0.4 is 10.2 Å². The van der Waals surface area contributed by atoms with Gasteiger partial charge in [0, 0.05) is 38.7 Å². The zero-order valence-electron chi connectivity index (χ0n) is 15.6. The highest BCUT2D eigenvalue weighted by atomic mass is 35.5. The van der Waals surface area contributed by atoms with Crippen molar-refractivity contribution in [1.29, 1.82) is 0 Å². The molecule has 154 valence electrons. The predicted octanol–water partition coefficient (Wildman–Crippen LogP) is 3.48. The second-order valence-corrected chi connectivity index (χ2v) is 7.23. The number of benzene rings is 1. The van der Waals surface area contributed by atoms with E-state index in [9.17, 15) is 13.6 Å². The minimum Gasteiger partial charge on any atom is -0.366 e. The summed E-state index contributed by atoms with van der Waals surface area (Å²) >= 11 is 0. The van der Waals surface area contributed by atoms with Crippen molar-refractivity contribution in [2.24, 2.45) is 11.8 Å². The molecule has 2 fully saturated rings. The van der Waals surface area contributed by atoms with Gasteiger partial charge in [-0.3, -0.25) is 4.79 Å². The summed E-state index contributed by atoms with van der Waals surface area (Å²) in [4.78, 5) is 16.3. The molecule has 0 radical (unpaired) electrons. The van der Waals surface area contributed by atoms with E-state index in [1.807, 2.05) is 9.80 Å². The van der Waals surface area contributed by atoms with Gasteiger partial charge in [0.15, 0.2) is 0 Å². The standard InChI is InChI=1S/C19H27F2N3O.2ClH/c1-14(15-4-6-22-7-5-15)12-19(25)24-10-8-23(9-11-24)18-13-16(20)2-3-17(18)21;;/h2-3,13-15,22H,4-12H2,1H3;2*1H. The Hall–Kier alpha value is -1.11. The number of halogens is 4. The molecule has 0 aromatic heterocycles. The second-order valence-electron chi connectivity index (χ2n) is 7.23. The topological polar surface area (TPSA) is 35.6 Å². The highest BCUT2D eigenvalue weighted by Gasteiger charge is 2.27. The molecule has 1 unspecified atom stereocenters. The lowest BCUT2D eigenvalue weighted by Gasteiger charge is -2.37. The molecule has 3 rings (SSSR count). The van der Waals surface area contributed by atoms with Gasteiger partial charge in [-0.05, 0) is 49.9 Å². The van der Waals surface area contributed by atoms with Crippen LogP contribution in [0.4, 0.5) is 14.5 Å². The Morgan fingerprint density at radius 1 is 1.15 bits per heavy atom. The van der Waals surface area contributed by atoms with E-state index < -0.39 is 11.6 Å². The van der Waals surface area contributed by atoms with E-state index in [2.05, 4.69) is 12.2 Å². The molecule has 0 spiro atoms. The van der Waals surface area contributed by atoms with E-state index in [1.165, 1.54) is 6.07 Å². The van der Waals surface area contributed by atoms with Crippen LogP contribution in [0, 0.1) is 23.5 Å². The number of piperazine rings is 1. The summed E-state index contributed by atoms with van der Waals surface area (Å²) < 4.78 is 27.3. The van der Waals surface area contributed by atoms with Crippen molar-refractivity contribution >= 4 is 36.4 Å². The number of nitrogens with one attached hydrogen (secondary N) is 1. The summed E-state index contributed by atoms with van der Waals surface area (Å²) in [6.07, 6.45) is 2.86. The lowest BCUT2D eigenvalue weighted by atomic mass is 9.84. The Labute approximate surface area is 172 Å². The van der Waals surface area contributed by atoms with Gasteiger partial charge >= 0.3 is 0 Å². The Morgan fingerprint density at radius 3 is 2.41 bits per heavy atom. The molecule has 1 amide bonds. The van der Waals surface area contributed by atoms with Crippen molar-refractivity contribution in [3.8, 4) is 0 Å². The van der Waals surface area contributed by atoms with Gasteiger partial charge in [0.2, 0.25) is 5.91 Å². The molecule has 1 aromatic rings. The van der Waals surface area contributed by atoms with Crippen LogP contribution in [0.5, 0.6) is 0 Å². The maximum absolute atomic E-state index is 13.9. The Morgan fingerprint density at radius 2 is 1.78 bits per heavy atom. The van der Waals surface area contributed by atoms with Gasteiger partial charge in [-0.2, -0.15) is 0 Å². The summed E-state index contributed by atoms with van der Waals surface area (Å²) in [7, 11) is 0. The van der Waals surface area contributed by atoms with Crippen LogP contribution in [0.1, 0.15) is 26.2 Å². The first-order valence-electron chi connectivity index (χ1n) is 9.23. The van der Waals surface area contributed by atoms with Crippen molar-refractivity contribution in [2.45, 2.75) is 26.2 Å². The zero-order valence-corrected chi connectivity index (χ0v) is 17.3. The lowest BCUT2D eigenvalue weighted by molar-refractivity contribution is -0.132. The minimum absolute atomic E-state index is 0. The number of nitrogens with zero attached hydrogens (tertiary/aromatic N) is 2. The quantitative estimate of drug-likeness (QED) is 0.804. The van der Waals surface area contributed by atoms with Crippen molar-refractivity contribution in [2.75, 3.05) is 44.2 Å². The molecule has 27 heavy (non-hydrogen) atoms. The monoisotopic (exact) mass is 423 g/mol. The molecule has 1 atom stereocenters. The smallest absolute Gasteiger partial charge is 0.222 e. The average Bonchev–Trinajstić information content (AvgIpc) is 2.64. The lowest BCUT2D eigenvalue weighted by Crippen LogP contribution is -2.49. The summed E-state index contributed by atoms with van der Waals surface area (Å²) in [5.74, 6) is 0.345. The molecule has 2 heterocycles. The van der Waals surface area contributed by atoms with Crippen LogP contribution in [0.25, 0.3) is 0 Å². The molecule has 0 aliphatic carbocycles. The molecule has 2 saturated heterocycles. The Kier molecular flexibility index (Phi) is 9.77. The van der Waals surface area contributed by atoms with Crippen LogP contribution in [0.3, 0.4) is 0 Å². The van der Waals surface area contributed by atoms with Gasteiger partial charge in [-0.25, -0.2) is 8.78 Å². The highest BCUT2D eigenvalue weighted by Crippen LogP contribution is 2.26. The molecular weight excluding hydrogens is 395 g/mol. The predicted molar refractivity (Wildman–Crippen MR) is 109 cm³/mol. The van der Waals surface area contributed by atoms with Crippen molar-refractivity contribution in [3.63, 3.8) is 0 Å². The third-order valence-corrected chi connectivity index (χ3v) is 5.57. The average molecular weight is 424 g/mol. The second kappa shape index (κ2) is 11.0. The molecule has 4 nitrogen and oxygen atoms in total. The maximum atomic E-state index is 13.9. The van der Waals surface area contributed by atoms with Crippen LogP contribution in [0.2, 0.25) is 0 Å². The van der Waals surface area contributed by atoms with Crippen LogP contribution in [0.15, 0.2) is 18.2 Å². The number of anilines is 1. The van der Waals surface area contributed by atoms with E-state index in [-0.39, 0.29) is 36.4 Å². The van der Waals surface area contributed by atoms with Crippen molar-refractivity contribution in [3.05, 3.63) is 29.8 Å². The number of hydrogen-bond acceptors (Lipinski definition) is 3. The summed E-state index contributed by atoms with van der Waals surface area (Å²) in [5, 5.41) is 3.36. The number of piperidine rings is 1. The third-order valence-electron chi connectivity index (χ3n) is 5.57. The summed E-state index contributed by atoms with van der Waals surface area (Å²) in [6, 6.07) is 3.51. The fraction of sp³-hybridized carbons (Fsp3) is 0.632. The first kappa shape index (κ1) is 23.9. The minimum atomic E-state index is -0.439. The summed E-state index contributed by atoms with van der Waals surface area (Å²) in [5.41, 5.74) is 0.287. The van der Waals surface area contributed by atoms with Crippen LogP contribution >= 0.6 is 24.8 Å². The van der Waals surface area contributed by atoms with Crippen LogP contribution in [-0.2, 0) is 4.79 Å². The molecule has 8 heteroatoms. The molecular formula is C19H29Cl2F2N3O. The molecule has 1 N–H and O–H groups in total. The zero-order chi connectivity index (χ0) is 17.8. The molecule has 0 saturated carbocycles. The van der Waals surface area contributed by atoms with E-state index in [4.69, 9.17) is 0 Å². The maximum Gasteiger partial charge on any atom is 0.222 e. The molecule has 0 bridgehead atoms. The van der Waals surface area contributed by atoms with Gasteiger partial charge in [0.25, 0.3) is 0 Å². The SMILES string of the molecule is CC(CC(=O)N1CCN(c2cc(F)ccc2F)CC1)C1CCNCC1.Cl.Cl. The third kappa shape index (κ3) is 6.19. The Balaban J connectivity index is 0.00000182. The van der Waals surface area contributed by atoms with Gasteiger partial charge in [0.05, 0.1) is 5.69 Å². The fourth-order valence-corrected chi connectivity index (χ4v) is 3.91. The molecule has 1 aromatic carbocycles. The van der Waals surface area contributed by atoms with E-state index in [0.717, 1.165) is 38.1 Å². The molecule has 2 aliphatic heterocycles. The normalized spacial score (nSPS) is 19.1. The van der Waals surface area contributed by atoms with Crippen molar-refractivity contribution < 1.29 is 13.6 Å². The van der Waals surface area contributed by atoms with E-state index >= 15 is 0 Å². The number of carbonyl (C=O) groups excluding carboxylic acids is 1. The fourth-order valence-electron chi connectivity index (χ4n) is 3.91. The number of amides is 1. The van der Waals surface area contributed by atoms with Gasteiger partial charge in [-0.1, -0.05) is 6.92 Å². The van der Waals surface area contributed by atoms with E-state index in [1.54, 1.807) is 0 Å². The van der Waals surface area contributed by atoms with Gasteiger partial charge in [0.1, 0.15) is 11.6 Å². The van der Waals surface area contributed by atoms with Crippen LogP contribution in [-0.4, -0.2) is 50.1 Å². The van der Waals surface area contributed by atoms with Gasteiger partial charge in [-0.15, -0.1) is 24.8 Å². The first-order chi connectivity index (χ1) is 12.0. The number of hydrogen-bond donors (Lipinski definition) is 1. The first-order valence-corrected chi connectivity index (χ1v) is 9.23. The van der Waals surface area contributed by atoms with Crippen molar-refractivity contribution in [1.82, 2.24) is 10.2 Å². The molecule has 2 aliphatic rings. The number of rotatable bonds is 4. The Bertz CT molecular complexity index is 607. The number of carbonyl (C=O) groups is 1. The highest BCUT2D eigenvalue weighted by molar-refractivity contribution is 5.85. The summed E-state index contributed by atoms with van der Waals surface area (Å²) in [6.45, 7) is 6.46.